The number of halogens is 3. The zero-order valence-electron chi connectivity index (χ0n) is 11.0. The predicted molar refractivity (Wildman–Crippen MR) is 67.9 cm³/mol. The fourth-order valence-corrected chi connectivity index (χ4v) is 2.18. The highest BCUT2D eigenvalue weighted by molar-refractivity contribution is 7.99. The van der Waals surface area contributed by atoms with Crippen LogP contribution in [0.1, 0.15) is 11.5 Å². The third kappa shape index (κ3) is 2.96. The van der Waals surface area contributed by atoms with Gasteiger partial charge in [-0.05, 0) is 36.9 Å². The summed E-state index contributed by atoms with van der Waals surface area (Å²) in [4.78, 5) is 0. The van der Waals surface area contributed by atoms with Gasteiger partial charge in [0.2, 0.25) is 0 Å². The Bertz CT molecular complexity index is 782. The molecule has 0 atom stereocenters. The first-order valence-electron chi connectivity index (χ1n) is 5.90. The van der Waals surface area contributed by atoms with Crippen molar-refractivity contribution >= 4 is 11.8 Å². The van der Waals surface area contributed by atoms with Crippen LogP contribution in [0.2, 0.25) is 0 Å². The zero-order valence-corrected chi connectivity index (χ0v) is 11.8. The summed E-state index contributed by atoms with van der Waals surface area (Å²) < 4.78 is 47.7. The van der Waals surface area contributed by atoms with E-state index in [0.29, 0.717) is 11.3 Å². The van der Waals surface area contributed by atoms with Crippen LogP contribution < -0.4 is 0 Å². The monoisotopic (exact) mass is 328 g/mol. The molecule has 3 aromatic heterocycles. The number of alkyl halides is 3. The second kappa shape index (κ2) is 5.44. The molecule has 22 heavy (non-hydrogen) atoms. The molecule has 0 amide bonds. The number of aryl methyl sites for hydroxylation is 1. The van der Waals surface area contributed by atoms with E-state index in [-0.39, 0.29) is 16.1 Å². The van der Waals surface area contributed by atoms with Crippen LogP contribution >= 0.6 is 11.8 Å². The van der Waals surface area contributed by atoms with E-state index in [1.165, 1.54) is 12.3 Å². The second-order valence-electron chi connectivity index (χ2n) is 4.12. The minimum atomic E-state index is -4.52. The maximum Gasteiger partial charge on any atom is 0.435 e. The van der Waals surface area contributed by atoms with Crippen LogP contribution in [0.4, 0.5) is 13.2 Å². The number of furan rings is 1. The van der Waals surface area contributed by atoms with Crippen LogP contribution in [0.15, 0.2) is 43.5 Å². The van der Waals surface area contributed by atoms with Gasteiger partial charge in [-0.3, -0.25) is 0 Å². The van der Waals surface area contributed by atoms with Gasteiger partial charge in [-0.2, -0.15) is 13.2 Å². The van der Waals surface area contributed by atoms with E-state index in [1.54, 1.807) is 13.0 Å². The third-order valence-corrected chi connectivity index (χ3v) is 3.38. The van der Waals surface area contributed by atoms with Crippen LogP contribution in [-0.4, -0.2) is 20.4 Å². The molecule has 0 aliphatic carbocycles. The first-order valence-corrected chi connectivity index (χ1v) is 6.72. The first kappa shape index (κ1) is 14.6. The summed E-state index contributed by atoms with van der Waals surface area (Å²) >= 11 is 0.919. The molecule has 0 N–H and O–H groups in total. The average Bonchev–Trinajstić information content (AvgIpc) is 3.07. The van der Waals surface area contributed by atoms with Crippen molar-refractivity contribution in [3.8, 4) is 11.5 Å². The molecular formula is C12H7F3N4O2S. The number of aromatic nitrogens is 4. The van der Waals surface area contributed by atoms with Crippen LogP contribution in [0, 0.1) is 6.92 Å². The van der Waals surface area contributed by atoms with Gasteiger partial charge in [0.05, 0.1) is 11.8 Å². The molecule has 0 unspecified atom stereocenters. The molecule has 0 fully saturated rings. The SMILES string of the molecule is Cc1occc1-c1nnc(Sc2ccc(C(F)(F)F)nn2)o1. The Hall–Kier alpha value is -2.36. The van der Waals surface area contributed by atoms with Gasteiger partial charge < -0.3 is 8.83 Å². The van der Waals surface area contributed by atoms with E-state index in [9.17, 15) is 13.2 Å². The first-order chi connectivity index (χ1) is 10.4. The Labute approximate surface area is 125 Å². The molecule has 0 aromatic carbocycles. The van der Waals surface area contributed by atoms with Crippen molar-refractivity contribution in [1.29, 1.82) is 0 Å². The lowest BCUT2D eigenvalue weighted by atomic mass is 10.3. The molecule has 0 radical (unpaired) electrons. The maximum atomic E-state index is 12.4. The van der Waals surface area contributed by atoms with Gasteiger partial charge in [0.1, 0.15) is 10.8 Å². The summed E-state index contributed by atoms with van der Waals surface area (Å²) in [6, 6.07) is 3.70. The highest BCUT2D eigenvalue weighted by Crippen LogP contribution is 2.31. The average molecular weight is 328 g/mol. The molecule has 0 saturated heterocycles. The van der Waals surface area contributed by atoms with Crippen molar-refractivity contribution in [1.82, 2.24) is 20.4 Å². The lowest BCUT2D eigenvalue weighted by Gasteiger charge is -2.03. The number of nitrogens with zero attached hydrogens (tertiary/aromatic N) is 4. The summed E-state index contributed by atoms with van der Waals surface area (Å²) in [5.41, 5.74) is -0.407. The van der Waals surface area contributed by atoms with E-state index in [1.807, 2.05) is 0 Å². The molecule has 0 aliphatic rings. The molecule has 3 rings (SSSR count). The van der Waals surface area contributed by atoms with Crippen LogP contribution in [0.3, 0.4) is 0 Å². The topological polar surface area (TPSA) is 77.8 Å². The number of hydrogen-bond donors (Lipinski definition) is 0. The lowest BCUT2D eigenvalue weighted by molar-refractivity contribution is -0.141. The van der Waals surface area contributed by atoms with Gasteiger partial charge in [0, 0.05) is 0 Å². The Morgan fingerprint density at radius 3 is 2.45 bits per heavy atom. The normalized spacial score (nSPS) is 11.8. The molecule has 114 valence electrons. The fraction of sp³-hybridized carbons (Fsp3) is 0.167. The lowest BCUT2D eigenvalue weighted by Crippen LogP contribution is -2.08. The largest absolute Gasteiger partial charge is 0.469 e. The molecule has 3 heterocycles. The highest BCUT2D eigenvalue weighted by atomic mass is 32.2. The van der Waals surface area contributed by atoms with Gasteiger partial charge in [0.25, 0.3) is 11.1 Å². The minimum absolute atomic E-state index is 0.143. The van der Waals surface area contributed by atoms with E-state index in [0.717, 1.165) is 17.8 Å². The number of hydrogen-bond acceptors (Lipinski definition) is 7. The summed E-state index contributed by atoms with van der Waals surface area (Å²) in [6.45, 7) is 1.74. The van der Waals surface area contributed by atoms with E-state index >= 15 is 0 Å². The Kier molecular flexibility index (Phi) is 3.61. The van der Waals surface area contributed by atoms with Crippen molar-refractivity contribution < 1.29 is 22.0 Å². The molecular weight excluding hydrogens is 321 g/mol. The predicted octanol–water partition coefficient (Wildman–Crippen LogP) is 3.60. The maximum absolute atomic E-state index is 12.4. The second-order valence-corrected chi connectivity index (χ2v) is 5.09. The molecule has 10 heteroatoms. The van der Waals surface area contributed by atoms with Gasteiger partial charge >= 0.3 is 6.18 Å². The van der Waals surface area contributed by atoms with E-state index in [4.69, 9.17) is 8.83 Å². The molecule has 0 saturated carbocycles. The van der Waals surface area contributed by atoms with Crippen molar-refractivity contribution in [3.63, 3.8) is 0 Å². The zero-order chi connectivity index (χ0) is 15.7. The minimum Gasteiger partial charge on any atom is -0.469 e. The highest BCUT2D eigenvalue weighted by Gasteiger charge is 2.33. The molecule has 6 nitrogen and oxygen atoms in total. The fourth-order valence-electron chi connectivity index (χ4n) is 1.58. The Morgan fingerprint density at radius 2 is 1.86 bits per heavy atom. The Balaban J connectivity index is 1.77. The molecule has 0 aliphatic heterocycles. The smallest absolute Gasteiger partial charge is 0.435 e. The van der Waals surface area contributed by atoms with Gasteiger partial charge in [-0.25, -0.2) is 0 Å². The van der Waals surface area contributed by atoms with Crippen LogP contribution in [0.5, 0.6) is 0 Å². The molecule has 0 bridgehead atoms. The Morgan fingerprint density at radius 1 is 1.05 bits per heavy atom. The van der Waals surface area contributed by atoms with Crippen molar-refractivity contribution in [2.75, 3.05) is 0 Å². The molecule has 3 aromatic rings. The van der Waals surface area contributed by atoms with Gasteiger partial charge in [0.15, 0.2) is 5.69 Å². The van der Waals surface area contributed by atoms with Gasteiger partial charge in [-0.15, -0.1) is 20.4 Å². The standard InChI is InChI=1S/C12H7F3N4O2S/c1-6-7(4-5-20-6)10-18-19-11(21-10)22-9-3-2-8(16-17-9)12(13,14)15/h2-5H,1H3. The van der Waals surface area contributed by atoms with E-state index < -0.39 is 11.9 Å². The van der Waals surface area contributed by atoms with Crippen molar-refractivity contribution in [2.24, 2.45) is 0 Å². The van der Waals surface area contributed by atoms with Crippen LogP contribution in [-0.2, 0) is 6.18 Å². The van der Waals surface area contributed by atoms with Crippen molar-refractivity contribution in [3.05, 3.63) is 35.9 Å². The summed E-state index contributed by atoms with van der Waals surface area (Å²) in [7, 11) is 0. The third-order valence-electron chi connectivity index (χ3n) is 2.62. The van der Waals surface area contributed by atoms with E-state index in [2.05, 4.69) is 20.4 Å². The number of rotatable bonds is 3. The van der Waals surface area contributed by atoms with Crippen LogP contribution in [0.25, 0.3) is 11.5 Å². The van der Waals surface area contributed by atoms with Crippen molar-refractivity contribution in [2.45, 2.75) is 23.3 Å². The summed E-state index contributed by atoms with van der Waals surface area (Å²) in [6.07, 6.45) is -3.03. The quantitative estimate of drug-likeness (QED) is 0.727. The molecule has 0 spiro atoms. The summed E-state index contributed by atoms with van der Waals surface area (Å²) in [5, 5.41) is 14.6. The summed E-state index contributed by atoms with van der Waals surface area (Å²) in [5.74, 6) is 0.878. The van der Waals surface area contributed by atoms with Gasteiger partial charge in [-0.1, -0.05) is 0 Å².